The highest BCUT2D eigenvalue weighted by Gasteiger charge is 2.07. The summed E-state index contributed by atoms with van der Waals surface area (Å²) in [7, 11) is 0. The highest BCUT2D eigenvalue weighted by atomic mass is 32.1. The molecule has 3 aromatic rings. The van der Waals surface area contributed by atoms with Gasteiger partial charge in [0.05, 0.1) is 12.2 Å². The number of nitrogens with zero attached hydrogens (tertiary/aromatic N) is 3. The first-order valence-corrected chi connectivity index (χ1v) is 7.26. The van der Waals surface area contributed by atoms with Crippen molar-refractivity contribution >= 4 is 22.7 Å². The summed E-state index contributed by atoms with van der Waals surface area (Å²) in [5.41, 5.74) is 3.44. The molecule has 98 valence electrons. The van der Waals surface area contributed by atoms with Crippen LogP contribution in [0.4, 0.5) is 5.82 Å². The van der Waals surface area contributed by atoms with Gasteiger partial charge in [0.15, 0.2) is 5.82 Å². The third-order valence-corrected chi connectivity index (χ3v) is 4.11. The van der Waals surface area contributed by atoms with Crippen LogP contribution >= 0.6 is 11.3 Å². The molecule has 19 heavy (non-hydrogen) atoms. The summed E-state index contributed by atoms with van der Waals surface area (Å²) < 4.78 is 1.86. The molecule has 0 bridgehead atoms. The van der Waals surface area contributed by atoms with E-state index in [9.17, 15) is 0 Å². The molecule has 0 aliphatic heterocycles. The molecule has 0 radical (unpaired) electrons. The van der Waals surface area contributed by atoms with E-state index in [-0.39, 0.29) is 0 Å². The van der Waals surface area contributed by atoms with E-state index in [0.29, 0.717) is 0 Å². The Balaban J connectivity index is 1.85. The fourth-order valence-electron chi connectivity index (χ4n) is 2.18. The van der Waals surface area contributed by atoms with Crippen molar-refractivity contribution in [2.24, 2.45) is 0 Å². The quantitative estimate of drug-likeness (QED) is 0.792. The maximum atomic E-state index is 4.41. The van der Waals surface area contributed by atoms with Crippen molar-refractivity contribution in [1.29, 1.82) is 0 Å². The standard InChI is InChI=1S/C14H16N4S/c1-3-11-4-7-19-13(11)9-16-14-12-8-10(2)17-18(12)6-5-15-14/h4-8H,3,9H2,1-2H3,(H,15,16). The van der Waals surface area contributed by atoms with Crippen molar-refractivity contribution in [3.63, 3.8) is 0 Å². The Hall–Kier alpha value is -1.88. The number of aryl methyl sites for hydroxylation is 2. The zero-order valence-electron chi connectivity index (χ0n) is 11.1. The molecule has 5 heteroatoms. The molecule has 3 heterocycles. The topological polar surface area (TPSA) is 42.2 Å². The molecule has 0 saturated carbocycles. The average Bonchev–Trinajstić information content (AvgIpc) is 3.00. The lowest BCUT2D eigenvalue weighted by Crippen LogP contribution is -2.03. The highest BCUT2D eigenvalue weighted by molar-refractivity contribution is 7.10. The summed E-state index contributed by atoms with van der Waals surface area (Å²) in [6.07, 6.45) is 4.72. The molecule has 0 unspecified atom stereocenters. The van der Waals surface area contributed by atoms with E-state index in [4.69, 9.17) is 0 Å². The van der Waals surface area contributed by atoms with Gasteiger partial charge in [0, 0.05) is 17.3 Å². The van der Waals surface area contributed by atoms with E-state index >= 15 is 0 Å². The van der Waals surface area contributed by atoms with Gasteiger partial charge in [0.25, 0.3) is 0 Å². The number of thiophene rings is 1. The molecular weight excluding hydrogens is 256 g/mol. The predicted molar refractivity (Wildman–Crippen MR) is 78.7 cm³/mol. The summed E-state index contributed by atoms with van der Waals surface area (Å²) in [5, 5.41) is 9.95. The predicted octanol–water partition coefficient (Wildman–Crippen LogP) is 3.27. The van der Waals surface area contributed by atoms with Gasteiger partial charge in [-0.3, -0.25) is 0 Å². The van der Waals surface area contributed by atoms with E-state index in [1.807, 2.05) is 23.7 Å². The third kappa shape index (κ3) is 2.33. The number of aromatic nitrogens is 3. The molecule has 0 fully saturated rings. The minimum Gasteiger partial charge on any atom is -0.363 e. The van der Waals surface area contributed by atoms with Gasteiger partial charge in [-0.2, -0.15) is 5.10 Å². The number of anilines is 1. The van der Waals surface area contributed by atoms with Gasteiger partial charge in [0.1, 0.15) is 5.52 Å². The number of nitrogens with one attached hydrogen (secondary N) is 1. The zero-order chi connectivity index (χ0) is 13.2. The fraction of sp³-hybridized carbons (Fsp3) is 0.286. The molecular formula is C14H16N4S. The van der Waals surface area contributed by atoms with E-state index < -0.39 is 0 Å². The Labute approximate surface area is 116 Å². The van der Waals surface area contributed by atoms with E-state index in [1.165, 1.54) is 10.4 Å². The van der Waals surface area contributed by atoms with Crippen LogP contribution in [0.15, 0.2) is 29.9 Å². The summed E-state index contributed by atoms with van der Waals surface area (Å²) in [4.78, 5) is 5.79. The van der Waals surface area contributed by atoms with Gasteiger partial charge in [-0.15, -0.1) is 11.3 Å². The van der Waals surface area contributed by atoms with Crippen molar-refractivity contribution in [2.45, 2.75) is 26.8 Å². The normalized spacial score (nSPS) is 11.1. The van der Waals surface area contributed by atoms with Crippen molar-refractivity contribution in [3.8, 4) is 0 Å². The number of fused-ring (bicyclic) bond motifs is 1. The summed E-state index contributed by atoms with van der Waals surface area (Å²) in [5.74, 6) is 0.888. The van der Waals surface area contributed by atoms with Gasteiger partial charge in [-0.1, -0.05) is 6.92 Å². The highest BCUT2D eigenvalue weighted by Crippen LogP contribution is 2.20. The van der Waals surface area contributed by atoms with E-state index in [1.54, 1.807) is 17.5 Å². The number of rotatable bonds is 4. The average molecular weight is 272 g/mol. The maximum Gasteiger partial charge on any atom is 0.152 e. The second-order valence-electron chi connectivity index (χ2n) is 4.47. The molecule has 0 aromatic carbocycles. The van der Waals surface area contributed by atoms with Crippen LogP contribution in [0.3, 0.4) is 0 Å². The zero-order valence-corrected chi connectivity index (χ0v) is 11.9. The molecule has 0 spiro atoms. The molecule has 4 nitrogen and oxygen atoms in total. The Morgan fingerprint density at radius 3 is 3.16 bits per heavy atom. The summed E-state index contributed by atoms with van der Waals surface area (Å²) in [6, 6.07) is 4.24. The van der Waals surface area contributed by atoms with Gasteiger partial charge < -0.3 is 5.32 Å². The van der Waals surface area contributed by atoms with Crippen molar-refractivity contribution in [1.82, 2.24) is 14.6 Å². The Kier molecular flexibility index (Phi) is 3.21. The Morgan fingerprint density at radius 1 is 1.42 bits per heavy atom. The van der Waals surface area contributed by atoms with Crippen LogP contribution in [0.5, 0.6) is 0 Å². The maximum absolute atomic E-state index is 4.41. The van der Waals surface area contributed by atoms with Crippen LogP contribution < -0.4 is 5.32 Å². The lowest BCUT2D eigenvalue weighted by Gasteiger charge is -2.07. The van der Waals surface area contributed by atoms with E-state index in [0.717, 1.165) is 30.0 Å². The molecule has 3 rings (SSSR count). The van der Waals surface area contributed by atoms with Gasteiger partial charge >= 0.3 is 0 Å². The Bertz CT molecular complexity index is 698. The van der Waals surface area contributed by atoms with Gasteiger partial charge in [-0.25, -0.2) is 9.50 Å². The fourth-order valence-corrected chi connectivity index (χ4v) is 3.10. The van der Waals surface area contributed by atoms with Crippen molar-refractivity contribution in [3.05, 3.63) is 46.0 Å². The number of hydrogen-bond acceptors (Lipinski definition) is 4. The van der Waals surface area contributed by atoms with Crippen molar-refractivity contribution in [2.75, 3.05) is 5.32 Å². The SMILES string of the molecule is CCc1ccsc1CNc1nccn2nc(C)cc12. The van der Waals surface area contributed by atoms with Crippen LogP contribution in [-0.4, -0.2) is 14.6 Å². The first-order chi connectivity index (χ1) is 9.28. The summed E-state index contributed by atoms with van der Waals surface area (Å²) in [6.45, 7) is 4.99. The van der Waals surface area contributed by atoms with Crippen molar-refractivity contribution < 1.29 is 0 Å². The molecule has 1 N–H and O–H groups in total. The second kappa shape index (κ2) is 5.01. The van der Waals surface area contributed by atoms with Crippen LogP contribution in [-0.2, 0) is 13.0 Å². The lowest BCUT2D eigenvalue weighted by atomic mass is 10.2. The molecule has 0 atom stereocenters. The van der Waals surface area contributed by atoms with Crippen LogP contribution in [0, 0.1) is 6.92 Å². The number of hydrogen-bond donors (Lipinski definition) is 1. The lowest BCUT2D eigenvalue weighted by molar-refractivity contribution is 0.920. The minimum absolute atomic E-state index is 0.817. The smallest absolute Gasteiger partial charge is 0.152 e. The molecule has 0 amide bonds. The first-order valence-electron chi connectivity index (χ1n) is 6.38. The van der Waals surface area contributed by atoms with E-state index in [2.05, 4.69) is 33.8 Å². The second-order valence-corrected chi connectivity index (χ2v) is 5.47. The molecule has 0 saturated heterocycles. The van der Waals surface area contributed by atoms with Crippen LogP contribution in [0.25, 0.3) is 5.52 Å². The monoisotopic (exact) mass is 272 g/mol. The third-order valence-electron chi connectivity index (χ3n) is 3.15. The largest absolute Gasteiger partial charge is 0.363 e. The first kappa shape index (κ1) is 12.2. The minimum atomic E-state index is 0.817. The van der Waals surface area contributed by atoms with Crippen LogP contribution in [0.2, 0.25) is 0 Å². The molecule has 0 aliphatic carbocycles. The Morgan fingerprint density at radius 2 is 2.32 bits per heavy atom. The summed E-state index contributed by atoms with van der Waals surface area (Å²) >= 11 is 1.79. The van der Waals surface area contributed by atoms with Gasteiger partial charge in [-0.05, 0) is 36.4 Å². The molecule has 0 aliphatic rings. The molecule has 3 aromatic heterocycles. The van der Waals surface area contributed by atoms with Crippen LogP contribution in [0.1, 0.15) is 23.1 Å². The van der Waals surface area contributed by atoms with Gasteiger partial charge in [0.2, 0.25) is 0 Å².